The van der Waals surface area contributed by atoms with E-state index in [0.29, 0.717) is 18.0 Å². The molecule has 0 aliphatic rings. The van der Waals surface area contributed by atoms with Crippen molar-refractivity contribution in [3.05, 3.63) is 24.3 Å². The van der Waals surface area contributed by atoms with Gasteiger partial charge in [-0.3, -0.25) is 0 Å². The van der Waals surface area contributed by atoms with Crippen LogP contribution in [0.4, 0.5) is 10.5 Å². The molecule has 1 aromatic carbocycles. The molecule has 0 aromatic heterocycles. The lowest BCUT2D eigenvalue weighted by atomic mass is 9.92. The Morgan fingerprint density at radius 2 is 1.90 bits per heavy atom. The van der Waals surface area contributed by atoms with Gasteiger partial charge in [-0.25, -0.2) is 9.59 Å². The van der Waals surface area contributed by atoms with E-state index in [1.807, 2.05) is 0 Å². The number of benzene rings is 1. The lowest BCUT2D eigenvalue weighted by Crippen LogP contribution is -2.31. The summed E-state index contributed by atoms with van der Waals surface area (Å²) in [5.41, 5.74) is 0.586. The first-order valence-corrected chi connectivity index (χ1v) is 6.76. The molecule has 21 heavy (non-hydrogen) atoms. The van der Waals surface area contributed by atoms with E-state index in [1.54, 1.807) is 24.3 Å². The van der Waals surface area contributed by atoms with Crippen molar-refractivity contribution < 1.29 is 19.4 Å². The zero-order valence-corrected chi connectivity index (χ0v) is 12.6. The summed E-state index contributed by atoms with van der Waals surface area (Å²) in [6, 6.07) is 6.36. The van der Waals surface area contributed by atoms with Crippen molar-refractivity contribution in [2.45, 2.75) is 27.2 Å². The normalized spacial score (nSPS) is 10.8. The van der Waals surface area contributed by atoms with Crippen LogP contribution in [0.3, 0.4) is 0 Å². The lowest BCUT2D eigenvalue weighted by molar-refractivity contribution is -0.139. The fourth-order valence-corrected chi connectivity index (χ4v) is 1.55. The van der Waals surface area contributed by atoms with Gasteiger partial charge in [-0.05, 0) is 24.0 Å². The zero-order valence-electron chi connectivity index (χ0n) is 12.6. The van der Waals surface area contributed by atoms with Gasteiger partial charge in [0.1, 0.15) is 5.75 Å². The second kappa shape index (κ2) is 7.52. The number of rotatable bonds is 6. The molecular formula is C15H22N2O4. The van der Waals surface area contributed by atoms with E-state index in [0.717, 1.165) is 6.42 Å². The molecule has 0 bridgehead atoms. The molecule has 0 saturated carbocycles. The standard InChI is InChI=1S/C15H22N2O4/c1-15(2,3)8-9-16-14(20)17-11-6-4-5-7-12(11)21-10-13(18)19/h4-7H,8-10H2,1-3H3,(H,18,19)(H2,16,17,20). The van der Waals surface area contributed by atoms with Gasteiger partial charge >= 0.3 is 12.0 Å². The minimum absolute atomic E-state index is 0.149. The molecule has 1 aromatic rings. The average molecular weight is 294 g/mol. The molecule has 6 nitrogen and oxygen atoms in total. The molecule has 0 radical (unpaired) electrons. The molecule has 6 heteroatoms. The molecule has 3 N–H and O–H groups in total. The molecule has 116 valence electrons. The van der Waals surface area contributed by atoms with Crippen molar-refractivity contribution in [3.63, 3.8) is 0 Å². The Morgan fingerprint density at radius 1 is 1.24 bits per heavy atom. The van der Waals surface area contributed by atoms with Crippen LogP contribution in [0.2, 0.25) is 0 Å². The fraction of sp³-hybridized carbons (Fsp3) is 0.467. The van der Waals surface area contributed by atoms with Crippen LogP contribution in [-0.2, 0) is 4.79 Å². The third kappa shape index (κ3) is 7.20. The summed E-state index contributed by atoms with van der Waals surface area (Å²) in [5, 5.41) is 14.0. The van der Waals surface area contributed by atoms with Gasteiger partial charge in [-0.2, -0.15) is 0 Å². The van der Waals surface area contributed by atoms with Gasteiger partial charge in [0.15, 0.2) is 6.61 Å². The molecule has 1 rings (SSSR count). The molecule has 0 aliphatic heterocycles. The number of carbonyl (C=O) groups is 2. The van der Waals surface area contributed by atoms with E-state index in [1.165, 1.54) is 0 Å². The minimum Gasteiger partial charge on any atom is -0.480 e. The number of amides is 2. The molecule has 2 amide bonds. The van der Waals surface area contributed by atoms with Gasteiger partial charge in [0.05, 0.1) is 5.69 Å². The zero-order chi connectivity index (χ0) is 15.9. The van der Waals surface area contributed by atoms with Crippen LogP contribution in [0, 0.1) is 5.41 Å². The number of hydrogen-bond acceptors (Lipinski definition) is 3. The van der Waals surface area contributed by atoms with Gasteiger partial charge in [0.2, 0.25) is 0 Å². The van der Waals surface area contributed by atoms with Crippen LogP contribution in [0.5, 0.6) is 5.75 Å². The number of aliphatic carboxylic acids is 1. The quantitative estimate of drug-likeness (QED) is 0.752. The van der Waals surface area contributed by atoms with Crippen LogP contribution in [0.15, 0.2) is 24.3 Å². The van der Waals surface area contributed by atoms with E-state index < -0.39 is 12.6 Å². The Balaban J connectivity index is 2.53. The first kappa shape index (κ1) is 16.8. The molecule has 0 unspecified atom stereocenters. The maximum atomic E-state index is 11.8. The van der Waals surface area contributed by atoms with Gasteiger partial charge in [-0.1, -0.05) is 32.9 Å². The van der Waals surface area contributed by atoms with Crippen LogP contribution in [0.25, 0.3) is 0 Å². The molecule has 0 heterocycles. The van der Waals surface area contributed by atoms with Crippen molar-refractivity contribution in [2.75, 3.05) is 18.5 Å². The Hall–Kier alpha value is -2.24. The summed E-state index contributed by atoms with van der Waals surface area (Å²) in [5.74, 6) is -0.745. The minimum atomic E-state index is -1.07. The number of hydrogen-bond donors (Lipinski definition) is 3. The van der Waals surface area contributed by atoms with Gasteiger partial charge in [-0.15, -0.1) is 0 Å². The number of carbonyl (C=O) groups excluding carboxylic acids is 1. The Labute approximate surface area is 124 Å². The third-order valence-corrected chi connectivity index (χ3v) is 2.65. The highest BCUT2D eigenvalue weighted by atomic mass is 16.5. The number of anilines is 1. The fourth-order valence-electron chi connectivity index (χ4n) is 1.55. The summed E-state index contributed by atoms with van der Waals surface area (Å²) in [4.78, 5) is 22.3. The predicted molar refractivity (Wildman–Crippen MR) is 80.7 cm³/mol. The van der Waals surface area contributed by atoms with Crippen LogP contribution < -0.4 is 15.4 Å². The van der Waals surface area contributed by atoms with Crippen molar-refractivity contribution in [1.29, 1.82) is 0 Å². The second-order valence-corrected chi connectivity index (χ2v) is 5.87. The topological polar surface area (TPSA) is 87.7 Å². The average Bonchev–Trinajstić information content (AvgIpc) is 2.36. The monoisotopic (exact) mass is 294 g/mol. The van der Waals surface area contributed by atoms with Crippen LogP contribution in [0.1, 0.15) is 27.2 Å². The van der Waals surface area contributed by atoms with Crippen LogP contribution in [-0.4, -0.2) is 30.3 Å². The van der Waals surface area contributed by atoms with Crippen molar-refractivity contribution in [3.8, 4) is 5.75 Å². The number of carboxylic acid groups (broad SMARTS) is 1. The van der Waals surface area contributed by atoms with E-state index in [4.69, 9.17) is 9.84 Å². The Kier molecular flexibility index (Phi) is 6.02. The maximum absolute atomic E-state index is 11.8. The van der Waals surface area contributed by atoms with Gasteiger partial charge in [0.25, 0.3) is 0 Å². The molecule has 0 aliphatic carbocycles. The SMILES string of the molecule is CC(C)(C)CCNC(=O)Nc1ccccc1OCC(=O)O. The number of urea groups is 1. The van der Waals surface area contributed by atoms with E-state index in [-0.39, 0.29) is 11.4 Å². The lowest BCUT2D eigenvalue weighted by Gasteiger charge is -2.18. The first-order chi connectivity index (χ1) is 9.78. The summed E-state index contributed by atoms with van der Waals surface area (Å²) >= 11 is 0. The highest BCUT2D eigenvalue weighted by Crippen LogP contribution is 2.23. The van der Waals surface area contributed by atoms with Crippen molar-refractivity contribution >= 4 is 17.7 Å². The largest absolute Gasteiger partial charge is 0.480 e. The van der Waals surface area contributed by atoms with Gasteiger partial charge in [0, 0.05) is 6.54 Å². The first-order valence-electron chi connectivity index (χ1n) is 6.76. The highest BCUT2D eigenvalue weighted by Gasteiger charge is 2.12. The number of nitrogens with one attached hydrogen (secondary N) is 2. The maximum Gasteiger partial charge on any atom is 0.341 e. The number of ether oxygens (including phenoxy) is 1. The smallest absolute Gasteiger partial charge is 0.341 e. The van der Waals surface area contributed by atoms with Crippen molar-refractivity contribution in [2.24, 2.45) is 5.41 Å². The number of carboxylic acids is 1. The molecule has 0 fully saturated rings. The van der Waals surface area contributed by atoms with E-state index in [9.17, 15) is 9.59 Å². The van der Waals surface area contributed by atoms with Crippen LogP contribution >= 0.6 is 0 Å². The Bertz CT molecular complexity index is 495. The van der Waals surface area contributed by atoms with Gasteiger partial charge < -0.3 is 20.5 Å². The number of para-hydroxylation sites is 2. The highest BCUT2D eigenvalue weighted by molar-refractivity contribution is 5.90. The molecule has 0 saturated heterocycles. The second-order valence-electron chi connectivity index (χ2n) is 5.87. The molecule has 0 atom stereocenters. The Morgan fingerprint density at radius 3 is 2.52 bits per heavy atom. The summed E-state index contributed by atoms with van der Waals surface area (Å²) in [7, 11) is 0. The van der Waals surface area contributed by atoms with E-state index >= 15 is 0 Å². The molecule has 0 spiro atoms. The predicted octanol–water partition coefficient (Wildman–Crippen LogP) is 2.71. The summed E-state index contributed by atoms with van der Waals surface area (Å²) < 4.78 is 5.12. The van der Waals surface area contributed by atoms with E-state index in [2.05, 4.69) is 31.4 Å². The molecular weight excluding hydrogens is 272 g/mol. The van der Waals surface area contributed by atoms with Crippen molar-refractivity contribution in [1.82, 2.24) is 5.32 Å². The summed E-state index contributed by atoms with van der Waals surface area (Å²) in [6.45, 7) is 6.41. The third-order valence-electron chi connectivity index (χ3n) is 2.65. The summed E-state index contributed by atoms with van der Waals surface area (Å²) in [6.07, 6.45) is 0.859.